The summed E-state index contributed by atoms with van der Waals surface area (Å²) in [4.78, 5) is 8.87. The molecule has 0 saturated carbocycles. The Kier molecular flexibility index (Phi) is 4.61. The molecule has 0 saturated heterocycles. The van der Waals surface area contributed by atoms with Crippen LogP contribution >= 0.6 is 11.6 Å². The minimum absolute atomic E-state index is 0.523. The number of hydrogen-bond donors (Lipinski definition) is 1. The third-order valence-electron chi connectivity index (χ3n) is 3.38. The average molecular weight is 290 g/mol. The Morgan fingerprint density at radius 2 is 1.85 bits per heavy atom. The molecule has 0 unspecified atom stereocenters. The second-order valence-corrected chi connectivity index (χ2v) is 5.44. The number of anilines is 2. The maximum atomic E-state index is 6.19. The van der Waals surface area contributed by atoms with E-state index in [1.807, 2.05) is 6.92 Å². The van der Waals surface area contributed by atoms with Crippen molar-refractivity contribution in [3.63, 3.8) is 0 Å². The Hall–Kier alpha value is -1.61. The van der Waals surface area contributed by atoms with Crippen molar-refractivity contribution in [1.29, 1.82) is 0 Å². The minimum Gasteiger partial charge on any atom is -0.340 e. The molecule has 0 aliphatic rings. The van der Waals surface area contributed by atoms with Gasteiger partial charge in [-0.25, -0.2) is 9.97 Å². The predicted molar refractivity (Wildman–Crippen MR) is 85.0 cm³/mol. The largest absolute Gasteiger partial charge is 0.340 e. The first-order valence-corrected chi connectivity index (χ1v) is 7.26. The zero-order valence-corrected chi connectivity index (χ0v) is 13.2. The molecule has 4 heteroatoms. The highest BCUT2D eigenvalue weighted by Gasteiger charge is 2.09. The van der Waals surface area contributed by atoms with Crippen LogP contribution < -0.4 is 5.32 Å². The molecule has 0 fully saturated rings. The molecule has 3 nitrogen and oxygen atoms in total. The number of nitrogens with one attached hydrogen (secondary N) is 1. The van der Waals surface area contributed by atoms with Gasteiger partial charge in [0.25, 0.3) is 0 Å². The summed E-state index contributed by atoms with van der Waals surface area (Å²) in [5.74, 6) is 1.58. The number of halogens is 1. The van der Waals surface area contributed by atoms with Crippen LogP contribution in [0.15, 0.2) is 18.2 Å². The van der Waals surface area contributed by atoms with Crippen LogP contribution in [-0.2, 0) is 6.42 Å². The van der Waals surface area contributed by atoms with Gasteiger partial charge >= 0.3 is 0 Å². The Morgan fingerprint density at radius 3 is 2.50 bits per heavy atom. The van der Waals surface area contributed by atoms with Crippen LogP contribution in [0.5, 0.6) is 0 Å². The van der Waals surface area contributed by atoms with Gasteiger partial charge in [0.15, 0.2) is 0 Å². The first kappa shape index (κ1) is 14.8. The summed E-state index contributed by atoms with van der Waals surface area (Å²) in [6.07, 6.45) is 1.84. The van der Waals surface area contributed by atoms with E-state index in [4.69, 9.17) is 11.6 Å². The van der Waals surface area contributed by atoms with E-state index >= 15 is 0 Å². The van der Waals surface area contributed by atoms with Crippen molar-refractivity contribution < 1.29 is 0 Å². The van der Waals surface area contributed by atoms with Gasteiger partial charge in [0.1, 0.15) is 16.8 Å². The third-order valence-corrected chi connectivity index (χ3v) is 3.74. The molecule has 1 aromatic heterocycles. The van der Waals surface area contributed by atoms with E-state index < -0.39 is 0 Å². The second-order valence-electron chi connectivity index (χ2n) is 5.08. The van der Waals surface area contributed by atoms with Crippen LogP contribution in [-0.4, -0.2) is 9.97 Å². The highest BCUT2D eigenvalue weighted by molar-refractivity contribution is 6.30. The minimum atomic E-state index is 0.523. The zero-order chi connectivity index (χ0) is 14.7. The van der Waals surface area contributed by atoms with Crippen LogP contribution in [0.25, 0.3) is 0 Å². The molecule has 0 bridgehead atoms. The van der Waals surface area contributed by atoms with E-state index in [2.05, 4.69) is 54.3 Å². The fourth-order valence-corrected chi connectivity index (χ4v) is 2.13. The summed E-state index contributed by atoms with van der Waals surface area (Å²) in [5, 5.41) is 3.87. The van der Waals surface area contributed by atoms with E-state index in [9.17, 15) is 0 Å². The van der Waals surface area contributed by atoms with E-state index in [0.717, 1.165) is 35.7 Å². The molecule has 2 aromatic rings. The predicted octanol–water partition coefficient (Wildman–Crippen LogP) is 4.75. The molecule has 0 aliphatic carbocycles. The van der Waals surface area contributed by atoms with Gasteiger partial charge in [0.2, 0.25) is 0 Å². The van der Waals surface area contributed by atoms with Crippen LogP contribution in [0.4, 0.5) is 11.5 Å². The summed E-state index contributed by atoms with van der Waals surface area (Å²) >= 11 is 6.19. The molecule has 106 valence electrons. The Morgan fingerprint density at radius 1 is 1.10 bits per heavy atom. The smallest absolute Gasteiger partial charge is 0.138 e. The Labute approximate surface area is 125 Å². The second kappa shape index (κ2) is 6.23. The lowest BCUT2D eigenvalue weighted by Crippen LogP contribution is -2.04. The standard InChI is InChI=1S/C16H20ClN3/c1-5-6-14-19-15(17)12(4)16(20-14)18-13-8-7-10(2)11(3)9-13/h7-9H,5-6H2,1-4H3,(H,18,19,20). The Balaban J connectivity index is 2.34. The molecule has 2 rings (SSSR count). The fourth-order valence-electron chi connectivity index (χ4n) is 1.95. The van der Waals surface area contributed by atoms with Crippen LogP contribution in [0.1, 0.15) is 35.9 Å². The highest BCUT2D eigenvalue weighted by Crippen LogP contribution is 2.25. The van der Waals surface area contributed by atoms with Gasteiger partial charge in [-0.2, -0.15) is 0 Å². The quantitative estimate of drug-likeness (QED) is 0.825. The van der Waals surface area contributed by atoms with Crippen molar-refractivity contribution in [2.45, 2.75) is 40.5 Å². The summed E-state index contributed by atoms with van der Waals surface area (Å²) in [6, 6.07) is 6.27. The van der Waals surface area contributed by atoms with E-state index in [1.165, 1.54) is 11.1 Å². The van der Waals surface area contributed by atoms with Crippen molar-refractivity contribution >= 4 is 23.1 Å². The van der Waals surface area contributed by atoms with Crippen LogP contribution in [0.2, 0.25) is 5.15 Å². The maximum absolute atomic E-state index is 6.19. The van der Waals surface area contributed by atoms with Gasteiger partial charge in [0, 0.05) is 17.7 Å². The molecule has 0 aliphatic heterocycles. The van der Waals surface area contributed by atoms with Gasteiger partial charge < -0.3 is 5.32 Å². The van der Waals surface area contributed by atoms with Crippen LogP contribution in [0, 0.1) is 20.8 Å². The van der Waals surface area contributed by atoms with E-state index in [-0.39, 0.29) is 0 Å². The number of rotatable bonds is 4. The summed E-state index contributed by atoms with van der Waals surface area (Å²) < 4.78 is 0. The highest BCUT2D eigenvalue weighted by atomic mass is 35.5. The molecular formula is C16H20ClN3. The lowest BCUT2D eigenvalue weighted by molar-refractivity contribution is 0.833. The van der Waals surface area contributed by atoms with Gasteiger partial charge in [-0.15, -0.1) is 0 Å². The number of aryl methyl sites for hydroxylation is 3. The van der Waals surface area contributed by atoms with Crippen molar-refractivity contribution in [2.24, 2.45) is 0 Å². The number of aromatic nitrogens is 2. The van der Waals surface area contributed by atoms with E-state index in [0.29, 0.717) is 5.15 Å². The Bertz CT molecular complexity index is 623. The molecule has 0 atom stereocenters. The van der Waals surface area contributed by atoms with Gasteiger partial charge in [-0.1, -0.05) is 24.6 Å². The molecule has 0 amide bonds. The summed E-state index contributed by atoms with van der Waals surface area (Å²) in [5.41, 5.74) is 4.43. The molecule has 1 N–H and O–H groups in total. The molecule has 0 radical (unpaired) electrons. The van der Waals surface area contributed by atoms with Crippen molar-refractivity contribution in [1.82, 2.24) is 9.97 Å². The molecular weight excluding hydrogens is 270 g/mol. The van der Waals surface area contributed by atoms with Crippen molar-refractivity contribution in [3.8, 4) is 0 Å². The number of hydrogen-bond acceptors (Lipinski definition) is 3. The molecule has 1 heterocycles. The third kappa shape index (κ3) is 3.28. The van der Waals surface area contributed by atoms with Crippen molar-refractivity contribution in [2.75, 3.05) is 5.32 Å². The normalized spacial score (nSPS) is 10.7. The first-order valence-electron chi connectivity index (χ1n) is 6.88. The van der Waals surface area contributed by atoms with Gasteiger partial charge in [-0.3, -0.25) is 0 Å². The molecule has 0 spiro atoms. The first-order chi connectivity index (χ1) is 9.51. The van der Waals surface area contributed by atoms with Crippen molar-refractivity contribution in [3.05, 3.63) is 45.9 Å². The monoisotopic (exact) mass is 289 g/mol. The SMILES string of the molecule is CCCc1nc(Cl)c(C)c(Nc2ccc(C)c(C)c2)n1. The van der Waals surface area contributed by atoms with Gasteiger partial charge in [0.05, 0.1) is 0 Å². The average Bonchev–Trinajstić information content (AvgIpc) is 2.40. The zero-order valence-electron chi connectivity index (χ0n) is 12.4. The van der Waals surface area contributed by atoms with E-state index in [1.54, 1.807) is 0 Å². The molecule has 1 aromatic carbocycles. The maximum Gasteiger partial charge on any atom is 0.138 e. The topological polar surface area (TPSA) is 37.8 Å². The fraction of sp³-hybridized carbons (Fsp3) is 0.375. The van der Waals surface area contributed by atoms with Crippen LogP contribution in [0.3, 0.4) is 0 Å². The number of nitrogens with zero attached hydrogens (tertiary/aromatic N) is 2. The summed E-state index contributed by atoms with van der Waals surface area (Å²) in [6.45, 7) is 8.24. The lowest BCUT2D eigenvalue weighted by atomic mass is 10.1. The van der Waals surface area contributed by atoms with Gasteiger partial charge in [-0.05, 0) is 50.5 Å². The molecule has 20 heavy (non-hydrogen) atoms. The number of benzene rings is 1. The summed E-state index contributed by atoms with van der Waals surface area (Å²) in [7, 11) is 0. The lowest BCUT2D eigenvalue weighted by Gasteiger charge is -2.12.